The van der Waals surface area contributed by atoms with Gasteiger partial charge < -0.3 is 9.64 Å². The van der Waals surface area contributed by atoms with Crippen LogP contribution in [0.4, 0.5) is 0 Å². The lowest BCUT2D eigenvalue weighted by atomic mass is 10.2. The summed E-state index contributed by atoms with van der Waals surface area (Å²) in [4.78, 5) is 27.5. The van der Waals surface area contributed by atoms with Crippen LogP contribution < -0.4 is 0 Å². The van der Waals surface area contributed by atoms with Crippen molar-refractivity contribution in [1.29, 1.82) is 0 Å². The number of thiophene rings is 1. The normalized spacial score (nSPS) is 10.4. The highest BCUT2D eigenvalue weighted by atomic mass is 32.1. The Hall–Kier alpha value is -1.36. The van der Waals surface area contributed by atoms with Crippen LogP contribution >= 0.6 is 11.3 Å². The molecule has 4 nitrogen and oxygen atoms in total. The zero-order valence-corrected chi connectivity index (χ0v) is 13.5. The molecule has 0 atom stereocenters. The maximum absolute atomic E-state index is 12.5. The molecule has 0 aromatic carbocycles. The molecule has 1 aromatic heterocycles. The quantitative estimate of drug-likeness (QED) is 0.727. The van der Waals surface area contributed by atoms with Gasteiger partial charge in [0.15, 0.2) is 0 Å². The second-order valence-corrected chi connectivity index (χ2v) is 5.83. The van der Waals surface area contributed by atoms with E-state index in [-0.39, 0.29) is 18.4 Å². The summed E-state index contributed by atoms with van der Waals surface area (Å²) in [6, 6.07) is 1.94. The molecule has 1 amide bonds. The van der Waals surface area contributed by atoms with Crippen LogP contribution in [0.1, 0.15) is 47.3 Å². The van der Waals surface area contributed by atoms with Crippen molar-refractivity contribution in [1.82, 2.24) is 4.90 Å². The Morgan fingerprint density at radius 3 is 2.50 bits per heavy atom. The molecule has 0 spiro atoms. The molecular formula is C15H23NO3S. The number of carbonyl (C=O) groups excluding carboxylic acids is 2. The number of amides is 1. The van der Waals surface area contributed by atoms with Crippen molar-refractivity contribution in [2.24, 2.45) is 0 Å². The highest BCUT2D eigenvalue weighted by Crippen LogP contribution is 2.23. The monoisotopic (exact) mass is 297 g/mol. The Bertz CT molecular complexity index is 468. The van der Waals surface area contributed by atoms with Gasteiger partial charge >= 0.3 is 5.97 Å². The molecule has 0 unspecified atom stereocenters. The van der Waals surface area contributed by atoms with Crippen LogP contribution in [0, 0.1) is 6.92 Å². The van der Waals surface area contributed by atoms with Crippen molar-refractivity contribution in [2.45, 2.75) is 40.5 Å². The zero-order chi connectivity index (χ0) is 15.1. The van der Waals surface area contributed by atoms with Crippen molar-refractivity contribution in [3.8, 4) is 0 Å². The van der Waals surface area contributed by atoms with E-state index >= 15 is 0 Å². The summed E-state index contributed by atoms with van der Waals surface area (Å²) in [7, 11) is 0. The highest BCUT2D eigenvalue weighted by Gasteiger charge is 2.21. The number of carbonyl (C=O) groups is 2. The van der Waals surface area contributed by atoms with Crippen LogP contribution in [0.15, 0.2) is 6.07 Å². The lowest BCUT2D eigenvalue weighted by molar-refractivity contribution is -0.143. The number of rotatable bonds is 7. The summed E-state index contributed by atoms with van der Waals surface area (Å²) in [6.45, 7) is 8.78. The van der Waals surface area contributed by atoms with E-state index in [9.17, 15) is 9.59 Å². The summed E-state index contributed by atoms with van der Waals surface area (Å²) >= 11 is 1.50. The first-order chi connectivity index (χ1) is 9.53. The largest absolute Gasteiger partial charge is 0.465 e. The van der Waals surface area contributed by atoms with Crippen LogP contribution in [0.5, 0.6) is 0 Å². The first-order valence-electron chi connectivity index (χ1n) is 7.07. The van der Waals surface area contributed by atoms with Crippen LogP contribution in [-0.4, -0.2) is 36.5 Å². The molecule has 0 aliphatic rings. The van der Waals surface area contributed by atoms with Crippen molar-refractivity contribution in [3.05, 3.63) is 21.4 Å². The van der Waals surface area contributed by atoms with Crippen LogP contribution in [0.2, 0.25) is 0 Å². The zero-order valence-electron chi connectivity index (χ0n) is 12.7. The van der Waals surface area contributed by atoms with Gasteiger partial charge in [-0.25, -0.2) is 0 Å². The molecule has 1 aromatic rings. The average molecular weight is 297 g/mol. The van der Waals surface area contributed by atoms with Gasteiger partial charge in [-0.1, -0.05) is 13.8 Å². The van der Waals surface area contributed by atoms with E-state index in [1.165, 1.54) is 21.8 Å². The summed E-state index contributed by atoms with van der Waals surface area (Å²) in [5, 5.41) is 0. The van der Waals surface area contributed by atoms with Gasteiger partial charge in [0.25, 0.3) is 5.91 Å². The Labute approximate surface area is 124 Å². The van der Waals surface area contributed by atoms with Crippen molar-refractivity contribution < 1.29 is 14.3 Å². The third kappa shape index (κ3) is 4.34. The Balaban J connectivity index is 2.84. The minimum absolute atomic E-state index is 0.0267. The van der Waals surface area contributed by atoms with Gasteiger partial charge in [0.2, 0.25) is 0 Å². The van der Waals surface area contributed by atoms with Crippen LogP contribution in [-0.2, 0) is 16.0 Å². The third-order valence-corrected chi connectivity index (χ3v) is 4.10. The molecule has 0 saturated heterocycles. The number of aryl methyl sites for hydroxylation is 2. The molecule has 20 heavy (non-hydrogen) atoms. The van der Waals surface area contributed by atoms with Gasteiger partial charge in [-0.15, -0.1) is 11.3 Å². The third-order valence-electron chi connectivity index (χ3n) is 3.02. The van der Waals surface area contributed by atoms with E-state index in [0.717, 1.165) is 12.8 Å². The molecule has 0 bridgehead atoms. The molecule has 0 radical (unpaired) electrons. The molecule has 0 fully saturated rings. The average Bonchev–Trinajstić information content (AvgIpc) is 2.79. The molecule has 5 heteroatoms. The van der Waals surface area contributed by atoms with E-state index in [0.29, 0.717) is 18.0 Å². The molecule has 1 rings (SSSR count). The second-order valence-electron chi connectivity index (χ2n) is 4.58. The van der Waals surface area contributed by atoms with E-state index in [4.69, 9.17) is 4.74 Å². The topological polar surface area (TPSA) is 46.6 Å². The predicted molar refractivity (Wildman–Crippen MR) is 81.3 cm³/mol. The summed E-state index contributed by atoms with van der Waals surface area (Å²) < 4.78 is 4.93. The van der Waals surface area contributed by atoms with Gasteiger partial charge in [-0.3, -0.25) is 9.59 Å². The van der Waals surface area contributed by atoms with Crippen molar-refractivity contribution in [2.75, 3.05) is 19.7 Å². The molecular weight excluding hydrogens is 274 g/mol. The Kier molecular flexibility index (Phi) is 6.71. The standard InChI is InChI=1S/C15H23NO3S/c1-5-8-16(10-14(17)19-7-3)15(18)13-9-12(6-2)11(4)20-13/h9H,5-8,10H2,1-4H3. The number of nitrogens with zero attached hydrogens (tertiary/aromatic N) is 1. The molecule has 0 aliphatic heterocycles. The van der Waals surface area contributed by atoms with E-state index in [2.05, 4.69) is 6.92 Å². The van der Waals surface area contributed by atoms with E-state index in [1.807, 2.05) is 19.9 Å². The summed E-state index contributed by atoms with van der Waals surface area (Å²) in [5.41, 5.74) is 1.20. The lowest BCUT2D eigenvalue weighted by Crippen LogP contribution is -2.36. The van der Waals surface area contributed by atoms with Crippen molar-refractivity contribution in [3.63, 3.8) is 0 Å². The highest BCUT2D eigenvalue weighted by molar-refractivity contribution is 7.14. The van der Waals surface area contributed by atoms with Gasteiger partial charge in [0, 0.05) is 11.4 Å². The molecule has 1 heterocycles. The second kappa shape index (κ2) is 8.04. The first-order valence-corrected chi connectivity index (χ1v) is 7.89. The van der Waals surface area contributed by atoms with E-state index in [1.54, 1.807) is 11.8 Å². The predicted octanol–water partition coefficient (Wildman–Crippen LogP) is 3.03. The van der Waals surface area contributed by atoms with Gasteiger partial charge in [0.1, 0.15) is 6.54 Å². The maximum atomic E-state index is 12.5. The summed E-state index contributed by atoms with van der Waals surface area (Å²) in [5.74, 6) is -0.425. The fraction of sp³-hybridized carbons (Fsp3) is 0.600. The number of hydrogen-bond donors (Lipinski definition) is 0. The summed E-state index contributed by atoms with van der Waals surface area (Å²) in [6.07, 6.45) is 1.73. The van der Waals surface area contributed by atoms with Gasteiger partial charge in [-0.05, 0) is 38.3 Å². The fourth-order valence-corrected chi connectivity index (χ4v) is 3.10. The Morgan fingerprint density at radius 2 is 2.00 bits per heavy atom. The Morgan fingerprint density at radius 1 is 1.30 bits per heavy atom. The first kappa shape index (κ1) is 16.7. The van der Waals surface area contributed by atoms with Gasteiger partial charge in [-0.2, -0.15) is 0 Å². The minimum atomic E-state index is -0.349. The number of hydrogen-bond acceptors (Lipinski definition) is 4. The van der Waals surface area contributed by atoms with Crippen LogP contribution in [0.3, 0.4) is 0 Å². The lowest BCUT2D eigenvalue weighted by Gasteiger charge is -2.20. The molecule has 112 valence electrons. The van der Waals surface area contributed by atoms with Crippen molar-refractivity contribution >= 4 is 23.2 Å². The molecule has 0 N–H and O–H groups in total. The SMILES string of the molecule is CCCN(CC(=O)OCC)C(=O)c1cc(CC)c(C)s1. The number of ether oxygens (including phenoxy) is 1. The smallest absolute Gasteiger partial charge is 0.325 e. The van der Waals surface area contributed by atoms with E-state index < -0.39 is 0 Å². The molecule has 0 saturated carbocycles. The maximum Gasteiger partial charge on any atom is 0.325 e. The fourth-order valence-electron chi connectivity index (χ4n) is 2.02. The minimum Gasteiger partial charge on any atom is -0.465 e. The number of esters is 1. The molecule has 0 aliphatic carbocycles. The van der Waals surface area contributed by atoms with Crippen LogP contribution in [0.25, 0.3) is 0 Å². The van der Waals surface area contributed by atoms with Gasteiger partial charge in [0.05, 0.1) is 11.5 Å².